The van der Waals surface area contributed by atoms with E-state index in [1.807, 2.05) is 45.0 Å². The highest BCUT2D eigenvalue weighted by Crippen LogP contribution is 2.24. The molecule has 18 heavy (non-hydrogen) atoms. The molecule has 0 radical (unpaired) electrons. The molecule has 3 nitrogen and oxygen atoms in total. The fraction of sp³-hybridized carbons (Fsp3) is 0.200. The molecule has 0 atom stereocenters. The van der Waals surface area contributed by atoms with Gasteiger partial charge in [0, 0.05) is 5.56 Å². The van der Waals surface area contributed by atoms with Crippen molar-refractivity contribution >= 4 is 0 Å². The standard InChI is InChI=1S/C15H14N2O/c1-9-4-5-10(2)13(6-9)14-11(3)7-12(8-16)15(18)17-14/h4-7H,1-3H3,(H,17,18). The Morgan fingerprint density at radius 1 is 1.11 bits per heavy atom. The normalized spacial score (nSPS) is 10.1. The zero-order valence-corrected chi connectivity index (χ0v) is 10.7. The molecule has 1 aromatic heterocycles. The first-order valence-electron chi connectivity index (χ1n) is 5.74. The lowest BCUT2D eigenvalue weighted by atomic mass is 9.99. The van der Waals surface area contributed by atoms with Gasteiger partial charge in [0.05, 0.1) is 5.69 Å². The molecule has 0 bridgehead atoms. The molecule has 0 aliphatic carbocycles. The van der Waals surface area contributed by atoms with Crippen molar-refractivity contribution in [2.24, 2.45) is 0 Å². The summed E-state index contributed by atoms with van der Waals surface area (Å²) in [5.74, 6) is 0. The van der Waals surface area contributed by atoms with Gasteiger partial charge in [-0.3, -0.25) is 4.79 Å². The van der Waals surface area contributed by atoms with Gasteiger partial charge in [0.1, 0.15) is 11.6 Å². The maximum absolute atomic E-state index is 11.7. The van der Waals surface area contributed by atoms with Crippen LogP contribution in [0.15, 0.2) is 29.1 Å². The molecule has 2 rings (SSSR count). The van der Waals surface area contributed by atoms with Gasteiger partial charge in [-0.05, 0) is 44.0 Å². The molecule has 1 heterocycles. The fourth-order valence-corrected chi connectivity index (χ4v) is 2.00. The first-order valence-corrected chi connectivity index (χ1v) is 5.74. The zero-order chi connectivity index (χ0) is 13.3. The number of aryl methyl sites for hydroxylation is 3. The third-order valence-electron chi connectivity index (χ3n) is 3.02. The van der Waals surface area contributed by atoms with Gasteiger partial charge in [0.25, 0.3) is 5.56 Å². The van der Waals surface area contributed by atoms with Crippen molar-refractivity contribution in [1.29, 1.82) is 5.26 Å². The number of aromatic nitrogens is 1. The summed E-state index contributed by atoms with van der Waals surface area (Å²) in [6, 6.07) is 9.64. The molecule has 3 heteroatoms. The molecular formula is C15H14N2O. The van der Waals surface area contributed by atoms with Gasteiger partial charge < -0.3 is 4.98 Å². The highest BCUT2D eigenvalue weighted by atomic mass is 16.1. The number of benzene rings is 1. The number of rotatable bonds is 1. The van der Waals surface area contributed by atoms with E-state index in [0.717, 1.165) is 27.9 Å². The summed E-state index contributed by atoms with van der Waals surface area (Å²) < 4.78 is 0. The Hall–Kier alpha value is -2.34. The number of nitriles is 1. The molecular weight excluding hydrogens is 224 g/mol. The van der Waals surface area contributed by atoms with Crippen molar-refractivity contribution < 1.29 is 0 Å². The molecule has 0 amide bonds. The Balaban J connectivity index is 2.73. The summed E-state index contributed by atoms with van der Waals surface area (Å²) in [7, 11) is 0. The van der Waals surface area contributed by atoms with Crippen LogP contribution in [-0.2, 0) is 0 Å². The van der Waals surface area contributed by atoms with Crippen LogP contribution < -0.4 is 5.56 Å². The topological polar surface area (TPSA) is 56.6 Å². The number of pyridine rings is 1. The minimum Gasteiger partial charge on any atom is -0.321 e. The van der Waals surface area contributed by atoms with Gasteiger partial charge in [-0.2, -0.15) is 5.26 Å². The number of nitrogens with one attached hydrogen (secondary N) is 1. The van der Waals surface area contributed by atoms with Gasteiger partial charge in [-0.15, -0.1) is 0 Å². The van der Waals surface area contributed by atoms with E-state index in [1.165, 1.54) is 0 Å². The number of nitrogens with zero attached hydrogens (tertiary/aromatic N) is 1. The van der Waals surface area contributed by atoms with Crippen molar-refractivity contribution in [1.82, 2.24) is 4.98 Å². The van der Waals surface area contributed by atoms with Crippen LogP contribution >= 0.6 is 0 Å². The van der Waals surface area contributed by atoms with E-state index >= 15 is 0 Å². The average molecular weight is 238 g/mol. The van der Waals surface area contributed by atoms with Gasteiger partial charge in [-0.1, -0.05) is 17.7 Å². The van der Waals surface area contributed by atoms with Gasteiger partial charge in [0.15, 0.2) is 0 Å². The molecule has 90 valence electrons. The van der Waals surface area contributed by atoms with Gasteiger partial charge >= 0.3 is 0 Å². The summed E-state index contributed by atoms with van der Waals surface area (Å²) in [5, 5.41) is 8.83. The molecule has 0 fully saturated rings. The predicted molar refractivity (Wildman–Crippen MR) is 71.4 cm³/mol. The van der Waals surface area contributed by atoms with Crippen molar-refractivity contribution in [3.8, 4) is 17.3 Å². The Labute approximate surface area is 106 Å². The molecule has 0 saturated heterocycles. The van der Waals surface area contributed by atoms with Crippen LogP contribution in [-0.4, -0.2) is 4.98 Å². The first kappa shape index (κ1) is 12.1. The van der Waals surface area contributed by atoms with E-state index in [1.54, 1.807) is 6.07 Å². The molecule has 0 spiro atoms. The Kier molecular flexibility index (Phi) is 3.03. The average Bonchev–Trinajstić information content (AvgIpc) is 2.35. The molecule has 0 aliphatic heterocycles. The minimum atomic E-state index is -0.334. The second-order valence-electron chi connectivity index (χ2n) is 4.50. The van der Waals surface area contributed by atoms with E-state index in [0.29, 0.717) is 0 Å². The number of hydrogen-bond donors (Lipinski definition) is 1. The number of hydrogen-bond acceptors (Lipinski definition) is 2. The Bertz CT molecular complexity index is 705. The minimum absolute atomic E-state index is 0.154. The second-order valence-corrected chi connectivity index (χ2v) is 4.50. The summed E-state index contributed by atoms with van der Waals surface area (Å²) >= 11 is 0. The monoisotopic (exact) mass is 238 g/mol. The highest BCUT2D eigenvalue weighted by Gasteiger charge is 2.09. The fourth-order valence-electron chi connectivity index (χ4n) is 2.00. The van der Waals surface area contributed by atoms with E-state index in [9.17, 15) is 4.79 Å². The van der Waals surface area contributed by atoms with Crippen LogP contribution in [0.2, 0.25) is 0 Å². The second kappa shape index (κ2) is 4.50. The van der Waals surface area contributed by atoms with E-state index in [-0.39, 0.29) is 11.1 Å². The molecule has 0 aliphatic rings. The van der Waals surface area contributed by atoms with E-state index in [4.69, 9.17) is 5.26 Å². The molecule has 1 aromatic carbocycles. The van der Waals surface area contributed by atoms with Gasteiger partial charge in [-0.25, -0.2) is 0 Å². The van der Waals surface area contributed by atoms with Crippen LogP contribution in [0.4, 0.5) is 0 Å². The molecule has 0 saturated carbocycles. The van der Waals surface area contributed by atoms with Crippen LogP contribution in [0, 0.1) is 32.1 Å². The largest absolute Gasteiger partial charge is 0.321 e. The summed E-state index contributed by atoms with van der Waals surface area (Å²) in [5.41, 5.74) is 4.76. The molecule has 1 N–H and O–H groups in total. The zero-order valence-electron chi connectivity index (χ0n) is 10.7. The van der Waals surface area contributed by atoms with Gasteiger partial charge in [0.2, 0.25) is 0 Å². The quantitative estimate of drug-likeness (QED) is 0.830. The maximum atomic E-state index is 11.7. The van der Waals surface area contributed by atoms with E-state index in [2.05, 4.69) is 4.98 Å². The smallest absolute Gasteiger partial charge is 0.266 e. The third-order valence-corrected chi connectivity index (χ3v) is 3.02. The van der Waals surface area contributed by atoms with E-state index < -0.39 is 0 Å². The SMILES string of the molecule is Cc1ccc(C)c(-c2[nH]c(=O)c(C#N)cc2C)c1. The van der Waals surface area contributed by atoms with Crippen molar-refractivity contribution in [3.63, 3.8) is 0 Å². The number of H-pyrrole nitrogens is 1. The van der Waals surface area contributed by atoms with Crippen molar-refractivity contribution in [2.75, 3.05) is 0 Å². The highest BCUT2D eigenvalue weighted by molar-refractivity contribution is 5.67. The first-order chi connectivity index (χ1) is 8.52. The lowest BCUT2D eigenvalue weighted by Crippen LogP contribution is -2.12. The van der Waals surface area contributed by atoms with Crippen LogP contribution in [0.5, 0.6) is 0 Å². The predicted octanol–water partition coefficient (Wildman–Crippen LogP) is 2.84. The summed E-state index contributed by atoms with van der Waals surface area (Å²) in [6.45, 7) is 5.92. The lowest BCUT2D eigenvalue weighted by molar-refractivity contribution is 1.17. The Morgan fingerprint density at radius 2 is 1.83 bits per heavy atom. The third kappa shape index (κ3) is 2.05. The number of aromatic amines is 1. The lowest BCUT2D eigenvalue weighted by Gasteiger charge is -2.10. The van der Waals surface area contributed by atoms with Crippen molar-refractivity contribution in [3.05, 3.63) is 56.9 Å². The summed E-state index contributed by atoms with van der Waals surface area (Å²) in [4.78, 5) is 14.5. The van der Waals surface area contributed by atoms with Crippen LogP contribution in [0.25, 0.3) is 11.3 Å². The molecule has 2 aromatic rings. The van der Waals surface area contributed by atoms with Crippen LogP contribution in [0.3, 0.4) is 0 Å². The molecule has 0 unspecified atom stereocenters. The maximum Gasteiger partial charge on any atom is 0.266 e. The van der Waals surface area contributed by atoms with Crippen molar-refractivity contribution in [2.45, 2.75) is 20.8 Å². The summed E-state index contributed by atoms with van der Waals surface area (Å²) in [6.07, 6.45) is 0. The Morgan fingerprint density at radius 3 is 2.50 bits per heavy atom. The van der Waals surface area contributed by atoms with Crippen LogP contribution in [0.1, 0.15) is 22.3 Å².